The molecule has 7 nitrogen and oxygen atoms in total. The number of pyridine rings is 1. The molecule has 0 fully saturated rings. The lowest BCUT2D eigenvalue weighted by Crippen LogP contribution is -2.22. The number of carbonyl (C=O) groups excluding carboxylic acids is 1. The van der Waals surface area contributed by atoms with Crippen molar-refractivity contribution in [1.29, 1.82) is 0 Å². The number of fused-ring (bicyclic) bond motifs is 2. The first-order valence-corrected chi connectivity index (χ1v) is 9.28. The molecule has 1 amide bonds. The molecule has 5 rings (SSSR count). The summed E-state index contributed by atoms with van der Waals surface area (Å²) in [5, 5.41) is 8.16. The Bertz CT molecular complexity index is 1190. The summed E-state index contributed by atoms with van der Waals surface area (Å²) < 4.78 is 12.5. The van der Waals surface area contributed by atoms with Gasteiger partial charge in [0.05, 0.1) is 18.3 Å². The highest BCUT2D eigenvalue weighted by atomic mass is 16.7. The molecule has 3 heterocycles. The molecule has 0 saturated carbocycles. The zero-order chi connectivity index (χ0) is 19.6. The third kappa shape index (κ3) is 3.50. The predicted octanol–water partition coefficient (Wildman–Crippen LogP) is 3.14. The number of carbonyl (C=O) groups is 1. The number of ether oxygens (including phenoxy) is 2. The summed E-state index contributed by atoms with van der Waals surface area (Å²) in [5.74, 6) is 1.24. The van der Waals surface area contributed by atoms with Crippen LogP contribution in [0.2, 0.25) is 0 Å². The quantitative estimate of drug-likeness (QED) is 0.570. The Kier molecular flexibility index (Phi) is 4.32. The number of aromatic nitrogens is 3. The highest BCUT2D eigenvalue weighted by Crippen LogP contribution is 2.32. The van der Waals surface area contributed by atoms with Crippen molar-refractivity contribution in [1.82, 2.24) is 20.1 Å². The molecular formula is C22H18N4O3. The fraction of sp³-hybridized carbons (Fsp3) is 0.136. The van der Waals surface area contributed by atoms with Gasteiger partial charge in [-0.1, -0.05) is 36.4 Å². The lowest BCUT2D eigenvalue weighted by atomic mass is 10.2. The van der Waals surface area contributed by atoms with Gasteiger partial charge in [-0.3, -0.25) is 4.79 Å². The smallest absolute Gasteiger partial charge is 0.253 e. The molecule has 0 saturated heterocycles. The number of nitrogens with one attached hydrogen (secondary N) is 1. The van der Waals surface area contributed by atoms with Crippen molar-refractivity contribution in [3.8, 4) is 11.5 Å². The minimum Gasteiger partial charge on any atom is -0.454 e. The van der Waals surface area contributed by atoms with E-state index in [1.807, 2.05) is 59.3 Å². The first kappa shape index (κ1) is 17.2. The molecule has 0 bridgehead atoms. The van der Waals surface area contributed by atoms with Crippen LogP contribution in [0.3, 0.4) is 0 Å². The molecule has 29 heavy (non-hydrogen) atoms. The summed E-state index contributed by atoms with van der Waals surface area (Å²) in [5.41, 5.74) is 3.33. The van der Waals surface area contributed by atoms with Gasteiger partial charge in [-0.2, -0.15) is 5.10 Å². The first-order valence-electron chi connectivity index (χ1n) is 9.28. The summed E-state index contributed by atoms with van der Waals surface area (Å²) >= 11 is 0. The van der Waals surface area contributed by atoms with Crippen LogP contribution < -0.4 is 14.8 Å². The number of hydrogen-bond donors (Lipinski definition) is 1. The van der Waals surface area contributed by atoms with Crippen LogP contribution in [0.25, 0.3) is 11.0 Å². The second-order valence-corrected chi connectivity index (χ2v) is 6.79. The van der Waals surface area contributed by atoms with Gasteiger partial charge in [-0.05, 0) is 29.3 Å². The van der Waals surface area contributed by atoms with Crippen LogP contribution in [0.5, 0.6) is 11.5 Å². The van der Waals surface area contributed by atoms with Gasteiger partial charge in [-0.15, -0.1) is 0 Å². The lowest BCUT2D eigenvalue weighted by Gasteiger charge is -2.07. The average molecular weight is 386 g/mol. The number of hydrogen-bond acceptors (Lipinski definition) is 5. The third-order valence-electron chi connectivity index (χ3n) is 4.80. The highest BCUT2D eigenvalue weighted by molar-refractivity contribution is 5.96. The topological polar surface area (TPSA) is 78.3 Å². The number of nitrogens with zero attached hydrogens (tertiary/aromatic N) is 3. The summed E-state index contributed by atoms with van der Waals surface area (Å²) in [6, 6.07) is 17.5. The number of benzene rings is 2. The van der Waals surface area contributed by atoms with E-state index in [1.165, 1.54) is 0 Å². The summed E-state index contributed by atoms with van der Waals surface area (Å²) in [6.07, 6.45) is 3.32. The van der Waals surface area contributed by atoms with E-state index in [9.17, 15) is 4.79 Å². The maximum Gasteiger partial charge on any atom is 0.253 e. The SMILES string of the molecule is O=C(NCc1ccc2c(c1)OCO2)c1cnc2c(cnn2Cc2ccccc2)c1. The van der Waals surface area contributed by atoms with Crippen molar-refractivity contribution in [2.75, 3.05) is 6.79 Å². The van der Waals surface area contributed by atoms with Crippen molar-refractivity contribution in [3.63, 3.8) is 0 Å². The zero-order valence-corrected chi connectivity index (χ0v) is 15.5. The Balaban J connectivity index is 1.29. The first-order chi connectivity index (χ1) is 14.3. The van der Waals surface area contributed by atoms with E-state index in [2.05, 4.69) is 15.4 Å². The van der Waals surface area contributed by atoms with Gasteiger partial charge in [-0.25, -0.2) is 9.67 Å². The maximum absolute atomic E-state index is 12.6. The van der Waals surface area contributed by atoms with E-state index in [0.717, 1.165) is 27.9 Å². The molecule has 2 aromatic carbocycles. The molecule has 7 heteroatoms. The van der Waals surface area contributed by atoms with Crippen LogP contribution in [0.4, 0.5) is 0 Å². The van der Waals surface area contributed by atoms with E-state index in [0.29, 0.717) is 24.4 Å². The molecule has 1 N–H and O–H groups in total. The van der Waals surface area contributed by atoms with Crippen molar-refractivity contribution < 1.29 is 14.3 Å². The summed E-state index contributed by atoms with van der Waals surface area (Å²) in [4.78, 5) is 17.0. The second kappa shape index (κ2) is 7.27. The van der Waals surface area contributed by atoms with Gasteiger partial charge in [0.1, 0.15) is 0 Å². The van der Waals surface area contributed by atoms with E-state index in [1.54, 1.807) is 12.4 Å². The summed E-state index contributed by atoms with van der Waals surface area (Å²) in [6.45, 7) is 1.25. The molecule has 0 radical (unpaired) electrons. The molecule has 144 valence electrons. The van der Waals surface area contributed by atoms with Crippen LogP contribution in [-0.2, 0) is 13.1 Å². The monoisotopic (exact) mass is 386 g/mol. The Labute approximate surface area is 166 Å². The Hall–Kier alpha value is -3.87. The molecule has 1 aliphatic rings. The maximum atomic E-state index is 12.6. The molecule has 2 aromatic heterocycles. The van der Waals surface area contributed by atoms with Gasteiger partial charge in [0.2, 0.25) is 6.79 Å². The van der Waals surface area contributed by atoms with E-state index >= 15 is 0 Å². The standard InChI is InChI=1S/C22H18N4O3/c27-22(24-10-16-6-7-19-20(8-16)29-14-28-19)18-9-17-12-25-26(21(17)23-11-18)13-15-4-2-1-3-5-15/h1-9,11-12H,10,13-14H2,(H,24,27). The van der Waals surface area contributed by atoms with Crippen LogP contribution in [0, 0.1) is 0 Å². The minimum absolute atomic E-state index is 0.187. The van der Waals surface area contributed by atoms with Crippen molar-refractivity contribution in [2.45, 2.75) is 13.1 Å². The fourth-order valence-electron chi connectivity index (χ4n) is 3.30. The normalized spacial score (nSPS) is 12.3. The highest BCUT2D eigenvalue weighted by Gasteiger charge is 2.14. The minimum atomic E-state index is -0.187. The van der Waals surface area contributed by atoms with Crippen LogP contribution in [0.1, 0.15) is 21.5 Å². The fourth-order valence-corrected chi connectivity index (χ4v) is 3.30. The predicted molar refractivity (Wildman–Crippen MR) is 107 cm³/mol. The van der Waals surface area contributed by atoms with Gasteiger partial charge in [0.25, 0.3) is 5.91 Å². The van der Waals surface area contributed by atoms with Crippen molar-refractivity contribution in [2.24, 2.45) is 0 Å². The van der Waals surface area contributed by atoms with Gasteiger partial charge >= 0.3 is 0 Å². The Morgan fingerprint density at radius 3 is 2.76 bits per heavy atom. The average Bonchev–Trinajstić information content (AvgIpc) is 3.39. The van der Waals surface area contributed by atoms with Gasteiger partial charge in [0, 0.05) is 18.1 Å². The molecule has 1 aliphatic heterocycles. The van der Waals surface area contributed by atoms with Crippen LogP contribution in [0.15, 0.2) is 67.0 Å². The lowest BCUT2D eigenvalue weighted by molar-refractivity contribution is 0.0950. The van der Waals surface area contributed by atoms with E-state index in [-0.39, 0.29) is 12.7 Å². The largest absolute Gasteiger partial charge is 0.454 e. The third-order valence-corrected chi connectivity index (χ3v) is 4.80. The Morgan fingerprint density at radius 2 is 1.86 bits per heavy atom. The van der Waals surface area contributed by atoms with Crippen molar-refractivity contribution >= 4 is 16.9 Å². The van der Waals surface area contributed by atoms with Crippen molar-refractivity contribution in [3.05, 3.63) is 83.7 Å². The number of amides is 1. The molecule has 0 unspecified atom stereocenters. The molecular weight excluding hydrogens is 368 g/mol. The van der Waals surface area contributed by atoms with Gasteiger partial charge in [0.15, 0.2) is 17.1 Å². The Morgan fingerprint density at radius 1 is 1.00 bits per heavy atom. The van der Waals surface area contributed by atoms with Crippen LogP contribution in [-0.4, -0.2) is 27.5 Å². The molecule has 0 atom stereocenters. The molecule has 0 aliphatic carbocycles. The molecule has 0 spiro atoms. The van der Waals surface area contributed by atoms with Crippen LogP contribution >= 0.6 is 0 Å². The zero-order valence-electron chi connectivity index (χ0n) is 15.5. The molecule has 4 aromatic rings. The number of rotatable bonds is 5. The summed E-state index contributed by atoms with van der Waals surface area (Å²) in [7, 11) is 0. The van der Waals surface area contributed by atoms with E-state index in [4.69, 9.17) is 9.47 Å². The van der Waals surface area contributed by atoms with Gasteiger partial charge < -0.3 is 14.8 Å². The second-order valence-electron chi connectivity index (χ2n) is 6.79. The van der Waals surface area contributed by atoms with E-state index < -0.39 is 0 Å².